The highest BCUT2D eigenvalue weighted by atomic mass is 32.1. The van der Waals surface area contributed by atoms with Gasteiger partial charge in [-0.2, -0.15) is 0 Å². The van der Waals surface area contributed by atoms with Crippen LogP contribution < -0.4 is 4.90 Å². The summed E-state index contributed by atoms with van der Waals surface area (Å²) in [5, 5.41) is 7.63. The average Bonchev–Trinajstić information content (AvgIpc) is 2.82. The summed E-state index contributed by atoms with van der Waals surface area (Å²) in [5.74, 6) is 0.833. The maximum absolute atomic E-state index is 5.35. The lowest BCUT2D eigenvalue weighted by Gasteiger charge is -2.05. The maximum Gasteiger partial charge on any atom is 0.284 e. The monoisotopic (exact) mass is 270 g/mol. The number of nitrogens with zero attached hydrogens (tertiary/aromatic N) is 3. The molecule has 17 heavy (non-hydrogen) atoms. The third-order valence-corrected chi connectivity index (χ3v) is 3.61. The van der Waals surface area contributed by atoms with Crippen LogP contribution in [-0.2, 0) is 0 Å². The van der Waals surface area contributed by atoms with Crippen LogP contribution >= 0.6 is 23.6 Å². The van der Waals surface area contributed by atoms with Gasteiger partial charge >= 0.3 is 0 Å². The molecule has 0 aliphatic carbocycles. The molecule has 0 aromatic carbocycles. The molecule has 0 amide bonds. The fourth-order valence-corrected chi connectivity index (χ4v) is 2.58. The van der Waals surface area contributed by atoms with Gasteiger partial charge in [-0.3, -0.25) is 0 Å². The van der Waals surface area contributed by atoms with E-state index in [1.807, 2.05) is 19.0 Å². The van der Waals surface area contributed by atoms with Crippen molar-refractivity contribution in [3.05, 3.63) is 10.5 Å². The second-order valence-corrected chi connectivity index (χ2v) is 5.53. The number of anilines is 1. The lowest BCUT2D eigenvalue weighted by atomic mass is 10.1. The van der Waals surface area contributed by atoms with Crippen molar-refractivity contribution in [3.63, 3.8) is 0 Å². The molecule has 2 aromatic rings. The molecule has 0 bridgehead atoms. The molecule has 0 aliphatic rings. The summed E-state index contributed by atoms with van der Waals surface area (Å²) in [6.45, 7) is 4.19. The van der Waals surface area contributed by atoms with Crippen LogP contribution in [0.2, 0.25) is 0 Å². The van der Waals surface area contributed by atoms with Gasteiger partial charge in [0.15, 0.2) is 5.13 Å². The lowest BCUT2D eigenvalue weighted by molar-refractivity contribution is 0.552. The van der Waals surface area contributed by atoms with Gasteiger partial charge in [-0.05, 0) is 18.1 Å². The zero-order valence-electron chi connectivity index (χ0n) is 10.1. The van der Waals surface area contributed by atoms with Gasteiger partial charge in [0.1, 0.15) is 4.88 Å². The predicted molar refractivity (Wildman–Crippen MR) is 71.2 cm³/mol. The number of hydrogen-bond acceptors (Lipinski definition) is 6. The summed E-state index contributed by atoms with van der Waals surface area (Å²) >= 11 is 6.44. The molecule has 2 rings (SSSR count). The van der Waals surface area contributed by atoms with Crippen molar-refractivity contribution >= 4 is 28.7 Å². The van der Waals surface area contributed by atoms with Crippen molar-refractivity contribution in [1.29, 1.82) is 0 Å². The Bertz CT molecular complexity index is 567. The molecule has 0 atom stereocenters. The zero-order valence-corrected chi connectivity index (χ0v) is 11.8. The van der Waals surface area contributed by atoms with Gasteiger partial charge in [0.25, 0.3) is 10.7 Å². The third kappa shape index (κ3) is 2.39. The van der Waals surface area contributed by atoms with Crippen molar-refractivity contribution in [3.8, 4) is 10.8 Å². The molecule has 0 aliphatic heterocycles. The molecule has 0 spiro atoms. The van der Waals surface area contributed by atoms with Crippen LogP contribution in [0.4, 0.5) is 5.13 Å². The van der Waals surface area contributed by atoms with E-state index in [0.717, 1.165) is 15.7 Å². The van der Waals surface area contributed by atoms with E-state index >= 15 is 0 Å². The molecular formula is C10H14N4OS2. The molecule has 1 N–H and O–H groups in total. The summed E-state index contributed by atoms with van der Waals surface area (Å²) in [7, 11) is 3.93. The fourth-order valence-electron chi connectivity index (χ4n) is 1.38. The number of hydrogen-bond donors (Lipinski definition) is 1. The second kappa shape index (κ2) is 4.58. The summed E-state index contributed by atoms with van der Waals surface area (Å²) in [6.07, 6.45) is 0. The van der Waals surface area contributed by atoms with Gasteiger partial charge in [-0.25, -0.2) is 10.1 Å². The molecule has 0 fully saturated rings. The first-order valence-corrected chi connectivity index (χ1v) is 6.45. The lowest BCUT2D eigenvalue weighted by Crippen LogP contribution is -2.08. The first kappa shape index (κ1) is 12.3. The Labute approximate surface area is 108 Å². The van der Waals surface area contributed by atoms with Crippen LogP contribution in [0.5, 0.6) is 0 Å². The Hall–Kier alpha value is -1.21. The largest absolute Gasteiger partial charge is 0.408 e. The van der Waals surface area contributed by atoms with Crippen molar-refractivity contribution < 1.29 is 4.42 Å². The van der Waals surface area contributed by atoms with Gasteiger partial charge in [-0.1, -0.05) is 25.2 Å². The molecule has 7 heteroatoms. The topological polar surface area (TPSA) is 58.0 Å². The molecule has 5 nitrogen and oxygen atoms in total. The first-order chi connectivity index (χ1) is 7.99. The Kier molecular flexibility index (Phi) is 3.30. The van der Waals surface area contributed by atoms with E-state index in [9.17, 15) is 0 Å². The van der Waals surface area contributed by atoms with E-state index < -0.39 is 0 Å². The van der Waals surface area contributed by atoms with Crippen LogP contribution in [-0.4, -0.2) is 29.3 Å². The Morgan fingerprint density at radius 3 is 2.59 bits per heavy atom. The van der Waals surface area contributed by atoms with E-state index in [-0.39, 0.29) is 4.84 Å². The number of rotatable bonds is 3. The number of aromatic nitrogens is 3. The van der Waals surface area contributed by atoms with E-state index in [4.69, 9.17) is 16.6 Å². The predicted octanol–water partition coefficient (Wildman–Crippen LogP) is 3.05. The fraction of sp³-hybridized carbons (Fsp3) is 0.500. The zero-order chi connectivity index (χ0) is 12.6. The van der Waals surface area contributed by atoms with Crippen molar-refractivity contribution in [2.75, 3.05) is 19.0 Å². The Morgan fingerprint density at radius 1 is 1.41 bits per heavy atom. The summed E-state index contributed by atoms with van der Waals surface area (Å²) in [4.78, 5) is 7.79. The third-order valence-electron chi connectivity index (χ3n) is 2.20. The second-order valence-electron chi connectivity index (χ2n) is 4.18. The van der Waals surface area contributed by atoms with E-state index in [0.29, 0.717) is 11.8 Å². The van der Waals surface area contributed by atoms with Gasteiger partial charge in [0.2, 0.25) is 0 Å². The molecule has 2 heterocycles. The van der Waals surface area contributed by atoms with Gasteiger partial charge in [0.05, 0.1) is 5.69 Å². The number of thiazole rings is 1. The smallest absolute Gasteiger partial charge is 0.284 e. The molecular weight excluding hydrogens is 256 g/mol. The quantitative estimate of drug-likeness (QED) is 0.869. The minimum Gasteiger partial charge on any atom is -0.408 e. The number of aromatic amines is 1. The van der Waals surface area contributed by atoms with Crippen LogP contribution in [0, 0.1) is 4.84 Å². The molecule has 0 radical (unpaired) electrons. The minimum absolute atomic E-state index is 0.287. The van der Waals surface area contributed by atoms with Crippen LogP contribution in [0.3, 0.4) is 0 Å². The summed E-state index contributed by atoms with van der Waals surface area (Å²) < 4.78 is 5.35. The highest BCUT2D eigenvalue weighted by Gasteiger charge is 2.20. The average molecular weight is 270 g/mol. The highest BCUT2D eigenvalue weighted by Crippen LogP contribution is 2.36. The number of H-pyrrole nitrogens is 1. The Morgan fingerprint density at radius 2 is 2.12 bits per heavy atom. The van der Waals surface area contributed by atoms with E-state index in [1.165, 1.54) is 0 Å². The van der Waals surface area contributed by atoms with Crippen molar-refractivity contribution in [2.24, 2.45) is 0 Å². The van der Waals surface area contributed by atoms with Crippen LogP contribution in [0.15, 0.2) is 4.42 Å². The van der Waals surface area contributed by atoms with Crippen molar-refractivity contribution in [2.45, 2.75) is 19.8 Å². The minimum atomic E-state index is 0.287. The first-order valence-electron chi connectivity index (χ1n) is 5.23. The summed E-state index contributed by atoms with van der Waals surface area (Å²) in [6, 6.07) is 0. The van der Waals surface area contributed by atoms with E-state index in [1.54, 1.807) is 11.3 Å². The van der Waals surface area contributed by atoms with E-state index in [2.05, 4.69) is 29.0 Å². The molecule has 0 unspecified atom stereocenters. The molecule has 0 saturated carbocycles. The standard InChI is InChI=1S/C10H14N4OS2/c1-5(2)6-7(8-12-13-10(16)15-8)17-9(11-6)14(3)4/h5H,1-4H3,(H,13,16). The molecule has 92 valence electrons. The van der Waals surface area contributed by atoms with Gasteiger partial charge in [0, 0.05) is 14.1 Å². The Balaban J connectivity index is 2.55. The molecule has 0 saturated heterocycles. The molecule has 2 aromatic heterocycles. The highest BCUT2D eigenvalue weighted by molar-refractivity contribution is 7.71. The van der Waals surface area contributed by atoms with Crippen molar-refractivity contribution in [1.82, 2.24) is 15.2 Å². The SMILES string of the molecule is CC(C)c1nc(N(C)C)sc1-c1n[nH]c(=S)o1. The van der Waals surface area contributed by atoms with Gasteiger partial charge < -0.3 is 9.32 Å². The van der Waals surface area contributed by atoms with Crippen LogP contribution in [0.25, 0.3) is 10.8 Å². The van der Waals surface area contributed by atoms with Crippen LogP contribution in [0.1, 0.15) is 25.5 Å². The van der Waals surface area contributed by atoms with Gasteiger partial charge in [-0.15, -0.1) is 5.10 Å². The number of nitrogens with one attached hydrogen (secondary N) is 1. The summed E-state index contributed by atoms with van der Waals surface area (Å²) in [5.41, 5.74) is 0.990. The normalized spacial score (nSPS) is 11.1. The maximum atomic E-state index is 5.35.